The van der Waals surface area contributed by atoms with Gasteiger partial charge in [0.2, 0.25) is 0 Å². The van der Waals surface area contributed by atoms with Crippen molar-refractivity contribution in [2.75, 3.05) is 0 Å². The zero-order chi connectivity index (χ0) is 6.24. The first-order chi connectivity index (χ1) is 3.91. The van der Waals surface area contributed by atoms with E-state index in [1.807, 2.05) is 6.92 Å². The summed E-state index contributed by atoms with van der Waals surface area (Å²) in [4.78, 5) is 0. The Morgan fingerprint density at radius 2 is 1.89 bits per heavy atom. The first-order valence-electron chi connectivity index (χ1n) is 3.18. The van der Waals surface area contributed by atoms with Crippen LogP contribution in [0.5, 0.6) is 0 Å². The van der Waals surface area contributed by atoms with E-state index in [0.717, 1.165) is 12.8 Å². The van der Waals surface area contributed by atoms with E-state index in [0.29, 0.717) is 0 Å². The molecule has 0 aliphatic heterocycles. The molecule has 0 atom stereocenters. The second kappa shape index (κ2) is 10.5. The van der Waals surface area contributed by atoms with Crippen LogP contribution >= 0.6 is 0 Å². The van der Waals surface area contributed by atoms with E-state index < -0.39 is 0 Å². The summed E-state index contributed by atoms with van der Waals surface area (Å²) in [6.45, 7) is 4.19. The fourth-order valence-corrected chi connectivity index (χ4v) is 0.478. The number of hydrogen-bond acceptors (Lipinski definition) is 0. The normalized spacial score (nSPS) is 10.4. The minimum Gasteiger partial charge on any atom is -0.0914 e. The molecule has 0 N–H and O–H groups in total. The minimum atomic E-state index is 0. The summed E-state index contributed by atoms with van der Waals surface area (Å²) in [5.41, 5.74) is 0. The molecule has 0 rings (SSSR count). The number of hydrogen-bond donors (Lipinski definition) is 0. The largest absolute Gasteiger partial charge is 0.0914 e. The second-order valence-corrected chi connectivity index (χ2v) is 1.68. The van der Waals surface area contributed by atoms with Crippen LogP contribution in [0.25, 0.3) is 0 Å². The standard InChI is InChI=1S/C8H14.CH4.4H2/c1-3-5-7-8-6-4-2;;;;;/h3,5-6,8H,4,7H2,1-2H3;1H4;4*1H. The predicted octanol–water partition coefficient (Wildman–Crippen LogP) is 4.54. The molecule has 0 spiro atoms. The Hall–Kier alpha value is -0.520. The molecule has 0 radical (unpaired) electrons. The van der Waals surface area contributed by atoms with Gasteiger partial charge in [0.05, 0.1) is 0 Å². The lowest BCUT2D eigenvalue weighted by molar-refractivity contribution is 1.20. The molecule has 0 nitrogen and oxygen atoms in total. The molecule has 9 heavy (non-hydrogen) atoms. The molecule has 0 bridgehead atoms. The van der Waals surface area contributed by atoms with E-state index in [9.17, 15) is 0 Å². The van der Waals surface area contributed by atoms with E-state index in [1.165, 1.54) is 0 Å². The molecule has 0 aromatic rings. The van der Waals surface area contributed by atoms with E-state index in [4.69, 9.17) is 0 Å². The van der Waals surface area contributed by atoms with Crippen LogP contribution in [-0.2, 0) is 0 Å². The van der Waals surface area contributed by atoms with Crippen LogP contribution in [0.2, 0.25) is 0 Å². The molecular formula is C9H26. The van der Waals surface area contributed by atoms with Gasteiger partial charge in [-0.15, -0.1) is 0 Å². The van der Waals surface area contributed by atoms with Gasteiger partial charge in [-0.05, 0) is 19.8 Å². The summed E-state index contributed by atoms with van der Waals surface area (Å²) in [5, 5.41) is 0. The fraction of sp³-hybridized carbons (Fsp3) is 0.556. The summed E-state index contributed by atoms with van der Waals surface area (Å²) < 4.78 is 0. The van der Waals surface area contributed by atoms with Gasteiger partial charge in [0, 0.05) is 5.71 Å². The first kappa shape index (κ1) is 11.3. The third-order valence-electron chi connectivity index (χ3n) is 0.910. The van der Waals surface area contributed by atoms with Crippen LogP contribution < -0.4 is 0 Å². The molecule has 0 amide bonds. The van der Waals surface area contributed by atoms with Crippen molar-refractivity contribution in [3.63, 3.8) is 0 Å². The van der Waals surface area contributed by atoms with Gasteiger partial charge in [0.25, 0.3) is 0 Å². The molecule has 0 fully saturated rings. The third-order valence-corrected chi connectivity index (χ3v) is 0.910. The average molecular weight is 134 g/mol. The van der Waals surface area contributed by atoms with Crippen LogP contribution in [0.3, 0.4) is 0 Å². The lowest BCUT2D eigenvalue weighted by atomic mass is 10.3. The Morgan fingerprint density at radius 3 is 2.33 bits per heavy atom. The van der Waals surface area contributed by atoms with Gasteiger partial charge in [0.15, 0.2) is 0 Å². The minimum absolute atomic E-state index is 0. The second-order valence-electron chi connectivity index (χ2n) is 1.68. The predicted molar refractivity (Wildman–Crippen MR) is 54.0 cm³/mol. The van der Waals surface area contributed by atoms with Gasteiger partial charge in [-0.1, -0.05) is 38.7 Å². The van der Waals surface area contributed by atoms with Crippen molar-refractivity contribution in [2.45, 2.75) is 34.1 Å². The van der Waals surface area contributed by atoms with Gasteiger partial charge in [-0.3, -0.25) is 0 Å². The Morgan fingerprint density at radius 1 is 1.22 bits per heavy atom. The zero-order valence-electron chi connectivity index (χ0n) is 5.72. The zero-order valence-corrected chi connectivity index (χ0v) is 5.72. The highest BCUT2D eigenvalue weighted by Crippen LogP contribution is 1.86. The summed E-state index contributed by atoms with van der Waals surface area (Å²) in [6, 6.07) is 0. The molecule has 0 aliphatic carbocycles. The molecule has 0 aromatic heterocycles. The first-order valence-corrected chi connectivity index (χ1v) is 3.18. The van der Waals surface area contributed by atoms with Gasteiger partial charge >= 0.3 is 0 Å². The SMILES string of the molecule is C.CC=CCC=CCC.[HH].[HH].[HH].[HH]. The van der Waals surface area contributed by atoms with Crippen molar-refractivity contribution in [3.8, 4) is 0 Å². The lowest BCUT2D eigenvalue weighted by Gasteiger charge is -1.77. The molecule has 0 unspecified atom stereocenters. The van der Waals surface area contributed by atoms with Crippen molar-refractivity contribution >= 4 is 0 Å². The molecule has 0 saturated carbocycles. The number of rotatable bonds is 3. The smallest absolute Gasteiger partial charge is 0 e. The van der Waals surface area contributed by atoms with Gasteiger partial charge < -0.3 is 0 Å². The molecule has 0 heterocycles. The van der Waals surface area contributed by atoms with E-state index in [2.05, 4.69) is 31.2 Å². The summed E-state index contributed by atoms with van der Waals surface area (Å²) >= 11 is 0. The molecule has 62 valence electrons. The van der Waals surface area contributed by atoms with Crippen LogP contribution in [0.4, 0.5) is 0 Å². The molecular weight excluding hydrogens is 108 g/mol. The Kier molecular flexibility index (Phi) is 13.1. The van der Waals surface area contributed by atoms with Crippen molar-refractivity contribution in [3.05, 3.63) is 24.3 Å². The molecule has 0 aliphatic rings. The van der Waals surface area contributed by atoms with Crippen molar-refractivity contribution < 1.29 is 5.71 Å². The van der Waals surface area contributed by atoms with Crippen LogP contribution in [0, 0.1) is 0 Å². The van der Waals surface area contributed by atoms with E-state index >= 15 is 0 Å². The lowest BCUT2D eigenvalue weighted by Crippen LogP contribution is -1.56. The summed E-state index contributed by atoms with van der Waals surface area (Å²) in [7, 11) is 0. The van der Waals surface area contributed by atoms with Crippen molar-refractivity contribution in [2.24, 2.45) is 0 Å². The van der Waals surface area contributed by atoms with Gasteiger partial charge in [-0.2, -0.15) is 0 Å². The monoisotopic (exact) mass is 134 g/mol. The van der Waals surface area contributed by atoms with Gasteiger partial charge in [-0.25, -0.2) is 0 Å². The highest BCUT2D eigenvalue weighted by atomic mass is 13.7. The molecule has 0 aromatic carbocycles. The highest BCUT2D eigenvalue weighted by molar-refractivity contribution is 4.90. The van der Waals surface area contributed by atoms with Gasteiger partial charge in [0.1, 0.15) is 0 Å². The fourth-order valence-electron chi connectivity index (χ4n) is 0.478. The third kappa shape index (κ3) is 11.2. The quantitative estimate of drug-likeness (QED) is 0.497. The van der Waals surface area contributed by atoms with Crippen LogP contribution in [0.1, 0.15) is 39.8 Å². The Bertz CT molecular complexity index is 89.6. The Balaban J connectivity index is -0.0000000245. The maximum absolute atomic E-state index is 2.18. The van der Waals surface area contributed by atoms with Crippen LogP contribution in [-0.4, -0.2) is 0 Å². The summed E-state index contributed by atoms with van der Waals surface area (Å²) in [6.07, 6.45) is 10.8. The summed E-state index contributed by atoms with van der Waals surface area (Å²) in [5.74, 6) is 0. The maximum Gasteiger partial charge on any atom is 0 e. The maximum atomic E-state index is 2.18. The average Bonchev–Trinajstić information content (AvgIpc) is 1.81. The number of allylic oxidation sites excluding steroid dienone is 4. The van der Waals surface area contributed by atoms with Crippen LogP contribution in [0.15, 0.2) is 24.3 Å². The Labute approximate surface area is 65.2 Å². The van der Waals surface area contributed by atoms with Crippen molar-refractivity contribution in [1.82, 2.24) is 0 Å². The van der Waals surface area contributed by atoms with E-state index in [-0.39, 0.29) is 13.1 Å². The highest BCUT2D eigenvalue weighted by Gasteiger charge is 1.65. The van der Waals surface area contributed by atoms with E-state index in [1.54, 1.807) is 0 Å². The topological polar surface area (TPSA) is 0 Å². The molecule has 0 saturated heterocycles. The molecule has 0 heteroatoms. The van der Waals surface area contributed by atoms with Crippen molar-refractivity contribution in [1.29, 1.82) is 0 Å².